The third-order valence-corrected chi connectivity index (χ3v) is 8.25. The summed E-state index contributed by atoms with van der Waals surface area (Å²) in [5.74, 6) is 0. The largest absolute Gasteiger partial charge is 0.0714 e. The molecule has 0 fully saturated rings. The summed E-state index contributed by atoms with van der Waals surface area (Å²) in [6, 6.07) is 55.2. The predicted octanol–water partition coefficient (Wildman–Crippen LogP) is 10.1. The van der Waals surface area contributed by atoms with Gasteiger partial charge in [-0.05, 0) is 79.9 Å². The second-order valence-electron chi connectivity index (χ2n) is 9.88. The smallest absolute Gasteiger partial charge is 0.0622 e. The molecule has 6 aromatic carbocycles. The lowest BCUT2D eigenvalue weighted by Gasteiger charge is -2.34. The number of hydrogen-bond acceptors (Lipinski definition) is 0. The fourth-order valence-corrected chi connectivity index (χ4v) is 6.68. The first-order chi connectivity index (χ1) is 18.7. The molecule has 0 saturated carbocycles. The van der Waals surface area contributed by atoms with Crippen LogP contribution in [0.3, 0.4) is 0 Å². The maximum absolute atomic E-state index is 3.89. The van der Waals surface area contributed by atoms with E-state index < -0.39 is 5.41 Å². The average Bonchev–Trinajstić information content (AvgIpc) is 3.29. The number of fused-ring (bicyclic) bond motifs is 3. The van der Waals surface area contributed by atoms with E-state index in [1.54, 1.807) is 0 Å². The molecule has 0 nitrogen and oxygen atoms in total. The van der Waals surface area contributed by atoms with Gasteiger partial charge in [0.25, 0.3) is 0 Å². The van der Waals surface area contributed by atoms with Crippen molar-refractivity contribution < 1.29 is 0 Å². The summed E-state index contributed by atoms with van der Waals surface area (Å²) < 4.78 is 1.08. The van der Waals surface area contributed by atoms with Gasteiger partial charge in [-0.3, -0.25) is 0 Å². The topological polar surface area (TPSA) is 0 Å². The number of benzene rings is 6. The van der Waals surface area contributed by atoms with Crippen molar-refractivity contribution in [2.45, 2.75) is 5.41 Å². The Bertz CT molecular complexity index is 1720. The van der Waals surface area contributed by atoms with Gasteiger partial charge in [-0.15, -0.1) is 0 Å². The van der Waals surface area contributed by atoms with Crippen LogP contribution in [0.2, 0.25) is 0 Å². The molecule has 1 heteroatoms. The van der Waals surface area contributed by atoms with E-state index >= 15 is 0 Å². The maximum atomic E-state index is 3.89. The molecular formula is C37H25Br. The predicted molar refractivity (Wildman–Crippen MR) is 162 cm³/mol. The van der Waals surface area contributed by atoms with Crippen molar-refractivity contribution in [3.05, 3.63) is 178 Å². The van der Waals surface area contributed by atoms with Gasteiger partial charge in [0.2, 0.25) is 0 Å². The Labute approximate surface area is 232 Å². The van der Waals surface area contributed by atoms with Crippen LogP contribution in [0.4, 0.5) is 0 Å². The average molecular weight is 550 g/mol. The second kappa shape index (κ2) is 9.28. The minimum Gasteiger partial charge on any atom is -0.0622 e. The lowest BCUT2D eigenvalue weighted by Crippen LogP contribution is -2.28. The Morgan fingerprint density at radius 2 is 0.868 bits per heavy atom. The SMILES string of the molecule is Brc1cc(-c2ccccc2)cc(C2(c3cccc(-c4ccccc4)c3)c3ccccc3-c3ccccc32)c1. The molecule has 1 aliphatic carbocycles. The van der Waals surface area contributed by atoms with Gasteiger partial charge >= 0.3 is 0 Å². The lowest BCUT2D eigenvalue weighted by molar-refractivity contribution is 0.768. The highest BCUT2D eigenvalue weighted by Gasteiger charge is 2.46. The van der Waals surface area contributed by atoms with Crippen LogP contribution in [0.5, 0.6) is 0 Å². The first-order valence-electron chi connectivity index (χ1n) is 13.0. The summed E-state index contributed by atoms with van der Waals surface area (Å²) in [6.45, 7) is 0. The molecule has 0 saturated heterocycles. The van der Waals surface area contributed by atoms with Gasteiger partial charge in [0.05, 0.1) is 5.41 Å². The van der Waals surface area contributed by atoms with Gasteiger partial charge in [0, 0.05) is 4.47 Å². The van der Waals surface area contributed by atoms with Gasteiger partial charge in [0.15, 0.2) is 0 Å². The molecule has 1 aliphatic rings. The van der Waals surface area contributed by atoms with Crippen molar-refractivity contribution in [1.82, 2.24) is 0 Å². The summed E-state index contributed by atoms with van der Waals surface area (Å²) in [6.07, 6.45) is 0. The molecule has 0 heterocycles. The third kappa shape index (κ3) is 3.58. The van der Waals surface area contributed by atoms with E-state index in [1.165, 1.54) is 55.6 Å². The molecular weight excluding hydrogens is 524 g/mol. The molecule has 0 radical (unpaired) electrons. The number of rotatable bonds is 4. The lowest BCUT2D eigenvalue weighted by atomic mass is 9.67. The molecule has 180 valence electrons. The molecule has 6 aromatic rings. The van der Waals surface area contributed by atoms with Crippen molar-refractivity contribution in [3.8, 4) is 33.4 Å². The zero-order valence-electron chi connectivity index (χ0n) is 20.8. The summed E-state index contributed by atoms with van der Waals surface area (Å²) in [5, 5.41) is 0. The Hall–Kier alpha value is -4.20. The van der Waals surface area contributed by atoms with Crippen molar-refractivity contribution in [3.63, 3.8) is 0 Å². The summed E-state index contributed by atoms with van der Waals surface area (Å²) in [5.41, 5.74) is 12.2. The highest BCUT2D eigenvalue weighted by atomic mass is 79.9. The second-order valence-corrected chi connectivity index (χ2v) is 10.8. The van der Waals surface area contributed by atoms with Gasteiger partial charge in [-0.25, -0.2) is 0 Å². The van der Waals surface area contributed by atoms with Gasteiger partial charge in [-0.2, -0.15) is 0 Å². The third-order valence-electron chi connectivity index (χ3n) is 7.79. The first kappa shape index (κ1) is 23.0. The zero-order chi connectivity index (χ0) is 25.5. The molecule has 0 atom stereocenters. The summed E-state index contributed by atoms with van der Waals surface area (Å²) in [4.78, 5) is 0. The van der Waals surface area contributed by atoms with Crippen LogP contribution in [-0.4, -0.2) is 0 Å². The Kier molecular flexibility index (Phi) is 5.60. The number of halogens is 1. The Morgan fingerprint density at radius 1 is 0.368 bits per heavy atom. The van der Waals surface area contributed by atoms with E-state index in [-0.39, 0.29) is 0 Å². The highest BCUT2D eigenvalue weighted by molar-refractivity contribution is 9.10. The standard InChI is InChI=1S/C37H25Br/c38-32-24-29(27-14-5-2-6-15-27)23-31(25-32)37(30-17-11-16-28(22-30)26-12-3-1-4-13-26)35-20-9-7-18-33(35)34-19-8-10-21-36(34)37/h1-25H. The van der Waals surface area contributed by atoms with E-state index in [1.807, 2.05) is 0 Å². The van der Waals surface area contributed by atoms with Crippen LogP contribution in [0.25, 0.3) is 33.4 Å². The maximum Gasteiger partial charge on any atom is 0.0714 e. The first-order valence-corrected chi connectivity index (χ1v) is 13.8. The van der Waals surface area contributed by atoms with Crippen molar-refractivity contribution in [2.24, 2.45) is 0 Å². The van der Waals surface area contributed by atoms with Gasteiger partial charge < -0.3 is 0 Å². The fourth-order valence-electron chi connectivity index (χ4n) is 6.19. The Balaban J connectivity index is 1.58. The quantitative estimate of drug-likeness (QED) is 0.205. The van der Waals surface area contributed by atoms with Crippen LogP contribution >= 0.6 is 15.9 Å². The molecule has 0 unspecified atom stereocenters. The van der Waals surface area contributed by atoms with Crippen LogP contribution in [0, 0.1) is 0 Å². The Morgan fingerprint density at radius 3 is 1.50 bits per heavy atom. The van der Waals surface area contributed by atoms with Gasteiger partial charge in [0.1, 0.15) is 0 Å². The molecule has 0 amide bonds. The van der Waals surface area contributed by atoms with E-state index in [2.05, 4.69) is 168 Å². The minimum atomic E-state index is -0.453. The normalized spacial score (nSPS) is 13.1. The minimum absolute atomic E-state index is 0.453. The van der Waals surface area contributed by atoms with Crippen LogP contribution in [0.15, 0.2) is 156 Å². The molecule has 0 aliphatic heterocycles. The van der Waals surface area contributed by atoms with Crippen LogP contribution in [0.1, 0.15) is 22.3 Å². The van der Waals surface area contributed by atoms with Crippen LogP contribution < -0.4 is 0 Å². The summed E-state index contributed by atoms with van der Waals surface area (Å²) in [7, 11) is 0. The molecule has 0 spiro atoms. The van der Waals surface area contributed by atoms with Gasteiger partial charge in [-0.1, -0.05) is 143 Å². The van der Waals surface area contributed by atoms with Crippen molar-refractivity contribution in [2.75, 3.05) is 0 Å². The molecule has 38 heavy (non-hydrogen) atoms. The van der Waals surface area contributed by atoms with Crippen molar-refractivity contribution in [1.29, 1.82) is 0 Å². The zero-order valence-corrected chi connectivity index (χ0v) is 22.4. The fraction of sp³-hybridized carbons (Fsp3) is 0.0270. The molecule has 0 N–H and O–H groups in total. The molecule has 0 bridgehead atoms. The summed E-state index contributed by atoms with van der Waals surface area (Å²) >= 11 is 3.89. The van der Waals surface area contributed by atoms with Crippen molar-refractivity contribution >= 4 is 15.9 Å². The monoisotopic (exact) mass is 548 g/mol. The van der Waals surface area contributed by atoms with Crippen LogP contribution in [-0.2, 0) is 5.41 Å². The number of hydrogen-bond donors (Lipinski definition) is 0. The van der Waals surface area contributed by atoms with E-state index in [4.69, 9.17) is 0 Å². The van der Waals surface area contributed by atoms with E-state index in [0.717, 1.165) is 4.47 Å². The highest BCUT2D eigenvalue weighted by Crippen LogP contribution is 2.56. The molecule has 7 rings (SSSR count). The molecule has 0 aromatic heterocycles. The van der Waals surface area contributed by atoms with E-state index in [9.17, 15) is 0 Å². The van der Waals surface area contributed by atoms with E-state index in [0.29, 0.717) is 0 Å².